The molecule has 0 bridgehead atoms. The van der Waals surface area contributed by atoms with Crippen LogP contribution in [0.2, 0.25) is 0 Å². The molecule has 1 aliphatic rings. The van der Waals surface area contributed by atoms with Crippen molar-refractivity contribution in [2.75, 3.05) is 25.0 Å². The van der Waals surface area contributed by atoms with Crippen LogP contribution in [0, 0.1) is 0 Å². The number of likely N-dealkylation sites (tertiary alicyclic amines) is 1. The minimum atomic E-state index is -0.257. The summed E-state index contributed by atoms with van der Waals surface area (Å²) in [4.78, 5) is 25.7. The lowest BCUT2D eigenvalue weighted by molar-refractivity contribution is -0.126. The minimum Gasteiger partial charge on any atom is -0.492 e. The van der Waals surface area contributed by atoms with Crippen molar-refractivity contribution >= 4 is 17.4 Å². The number of rotatable bonds is 5. The van der Waals surface area contributed by atoms with Gasteiger partial charge in [-0.25, -0.2) is 0 Å². The van der Waals surface area contributed by atoms with Gasteiger partial charge in [0.25, 0.3) is 0 Å². The van der Waals surface area contributed by atoms with Gasteiger partial charge in [0.1, 0.15) is 11.5 Å². The summed E-state index contributed by atoms with van der Waals surface area (Å²) >= 11 is 0. The second-order valence-corrected chi connectivity index (χ2v) is 5.17. The van der Waals surface area contributed by atoms with E-state index in [9.17, 15) is 9.59 Å². The maximum atomic E-state index is 12.4. The molecular formula is C16H22N2O3. The Labute approximate surface area is 125 Å². The molecule has 0 radical (unpaired) electrons. The Morgan fingerprint density at radius 2 is 2.00 bits per heavy atom. The summed E-state index contributed by atoms with van der Waals surface area (Å²) in [6.07, 6.45) is 1.07. The van der Waals surface area contributed by atoms with E-state index in [0.29, 0.717) is 44.0 Å². The average molecular weight is 290 g/mol. The monoisotopic (exact) mass is 290 g/mol. The zero-order chi connectivity index (χ0) is 15.2. The van der Waals surface area contributed by atoms with E-state index >= 15 is 0 Å². The van der Waals surface area contributed by atoms with Crippen LogP contribution in [-0.4, -0.2) is 42.3 Å². The highest BCUT2D eigenvalue weighted by molar-refractivity contribution is 5.96. The molecule has 5 heteroatoms. The number of ether oxygens (including phenoxy) is 1. The van der Waals surface area contributed by atoms with Crippen molar-refractivity contribution in [2.45, 2.75) is 32.7 Å². The molecule has 1 heterocycles. The lowest BCUT2D eigenvalue weighted by Gasteiger charge is -2.30. The van der Waals surface area contributed by atoms with Gasteiger partial charge in [0.15, 0.2) is 0 Å². The second-order valence-electron chi connectivity index (χ2n) is 5.17. The number of carbonyl (C=O) groups is 2. The molecule has 1 saturated heterocycles. The molecular weight excluding hydrogens is 268 g/mol. The number of hydrogen-bond donors (Lipinski definition) is 1. The number of piperidine rings is 1. The Morgan fingerprint density at radius 1 is 1.33 bits per heavy atom. The fourth-order valence-corrected chi connectivity index (χ4v) is 2.41. The molecule has 114 valence electrons. The van der Waals surface area contributed by atoms with Crippen LogP contribution in [0.5, 0.6) is 5.75 Å². The molecule has 1 fully saturated rings. The number of anilines is 1. The maximum absolute atomic E-state index is 12.4. The normalized spacial score (nSPS) is 17.3. The summed E-state index contributed by atoms with van der Waals surface area (Å²) in [5.41, 5.74) is 0.685. The third-order valence-corrected chi connectivity index (χ3v) is 3.73. The lowest BCUT2D eigenvalue weighted by atomic mass is 10.1. The van der Waals surface area contributed by atoms with Gasteiger partial charge in [0, 0.05) is 25.9 Å². The number of Topliss-reactive ketones (excluding diaryl/α,β-unsaturated/α-hetero) is 1. The Balaban J connectivity index is 1.99. The van der Waals surface area contributed by atoms with Gasteiger partial charge in [-0.1, -0.05) is 12.1 Å². The second kappa shape index (κ2) is 7.22. The quantitative estimate of drug-likeness (QED) is 0.902. The molecule has 0 saturated carbocycles. The van der Waals surface area contributed by atoms with Crippen molar-refractivity contribution in [1.82, 2.24) is 4.90 Å². The Kier molecular flexibility index (Phi) is 5.33. The zero-order valence-corrected chi connectivity index (χ0v) is 12.6. The summed E-state index contributed by atoms with van der Waals surface area (Å²) in [6.45, 7) is 5.64. The van der Waals surface area contributed by atoms with Crippen LogP contribution >= 0.6 is 0 Å². The highest BCUT2D eigenvalue weighted by Gasteiger charge is 2.25. The molecule has 0 aromatic heterocycles. The first-order valence-electron chi connectivity index (χ1n) is 7.40. The zero-order valence-electron chi connectivity index (χ0n) is 12.6. The van der Waals surface area contributed by atoms with E-state index in [1.165, 1.54) is 0 Å². The molecule has 1 aliphatic heterocycles. The fraction of sp³-hybridized carbons (Fsp3) is 0.500. The van der Waals surface area contributed by atoms with Gasteiger partial charge in [0.2, 0.25) is 5.91 Å². The van der Waals surface area contributed by atoms with Gasteiger partial charge in [-0.2, -0.15) is 0 Å². The maximum Gasteiger partial charge on any atom is 0.241 e. The Bertz CT molecular complexity index is 506. The van der Waals surface area contributed by atoms with Gasteiger partial charge < -0.3 is 10.1 Å². The van der Waals surface area contributed by atoms with E-state index in [1.807, 2.05) is 43.0 Å². The number of nitrogens with zero attached hydrogens (tertiary/aromatic N) is 1. The lowest BCUT2D eigenvalue weighted by Crippen LogP contribution is -2.46. The molecule has 1 aromatic rings. The third-order valence-electron chi connectivity index (χ3n) is 3.73. The topological polar surface area (TPSA) is 58.6 Å². The number of amides is 1. The SMILES string of the molecule is CCOc1ccccc1NC(=O)C(C)N1CCC(=O)CC1. The van der Waals surface area contributed by atoms with Crippen molar-refractivity contribution < 1.29 is 14.3 Å². The molecule has 1 amide bonds. The average Bonchev–Trinajstić information content (AvgIpc) is 2.49. The summed E-state index contributed by atoms with van der Waals surface area (Å²) in [6, 6.07) is 7.15. The van der Waals surface area contributed by atoms with Crippen molar-refractivity contribution in [2.24, 2.45) is 0 Å². The Hall–Kier alpha value is -1.88. The number of ketones is 1. The van der Waals surface area contributed by atoms with Gasteiger partial charge in [-0.15, -0.1) is 0 Å². The molecule has 0 spiro atoms. The number of benzene rings is 1. The van der Waals surface area contributed by atoms with E-state index in [-0.39, 0.29) is 17.7 Å². The van der Waals surface area contributed by atoms with Crippen LogP contribution in [-0.2, 0) is 9.59 Å². The smallest absolute Gasteiger partial charge is 0.241 e. The molecule has 1 aromatic carbocycles. The van der Waals surface area contributed by atoms with E-state index < -0.39 is 0 Å². The van der Waals surface area contributed by atoms with Gasteiger partial charge in [0.05, 0.1) is 18.3 Å². The summed E-state index contributed by atoms with van der Waals surface area (Å²) in [5.74, 6) is 0.881. The predicted octanol–water partition coefficient (Wildman–Crippen LogP) is 2.08. The molecule has 1 N–H and O–H groups in total. The first-order valence-corrected chi connectivity index (χ1v) is 7.40. The third kappa shape index (κ3) is 4.04. The van der Waals surface area contributed by atoms with Gasteiger partial charge in [-0.05, 0) is 26.0 Å². The Morgan fingerprint density at radius 3 is 2.67 bits per heavy atom. The van der Waals surface area contributed by atoms with E-state index in [2.05, 4.69) is 5.32 Å². The highest BCUT2D eigenvalue weighted by Crippen LogP contribution is 2.24. The van der Waals surface area contributed by atoms with Crippen molar-refractivity contribution in [3.63, 3.8) is 0 Å². The number of hydrogen-bond acceptors (Lipinski definition) is 4. The molecule has 5 nitrogen and oxygen atoms in total. The number of carbonyl (C=O) groups excluding carboxylic acids is 2. The largest absolute Gasteiger partial charge is 0.492 e. The van der Waals surface area contributed by atoms with Crippen LogP contribution in [0.4, 0.5) is 5.69 Å². The summed E-state index contributed by atoms with van der Waals surface area (Å²) < 4.78 is 5.50. The molecule has 2 rings (SSSR count). The van der Waals surface area contributed by atoms with E-state index in [4.69, 9.17) is 4.74 Å². The molecule has 0 aliphatic carbocycles. The van der Waals surface area contributed by atoms with Crippen molar-refractivity contribution in [1.29, 1.82) is 0 Å². The predicted molar refractivity (Wildman–Crippen MR) is 81.5 cm³/mol. The first-order chi connectivity index (χ1) is 10.1. The standard InChI is InChI=1S/C16H22N2O3/c1-3-21-15-7-5-4-6-14(15)17-16(20)12(2)18-10-8-13(19)9-11-18/h4-7,12H,3,8-11H2,1-2H3,(H,17,20). The van der Waals surface area contributed by atoms with Crippen LogP contribution < -0.4 is 10.1 Å². The van der Waals surface area contributed by atoms with Crippen LogP contribution in [0.15, 0.2) is 24.3 Å². The fourth-order valence-electron chi connectivity index (χ4n) is 2.41. The minimum absolute atomic E-state index is 0.0727. The van der Waals surface area contributed by atoms with Crippen molar-refractivity contribution in [3.05, 3.63) is 24.3 Å². The van der Waals surface area contributed by atoms with Crippen LogP contribution in [0.25, 0.3) is 0 Å². The van der Waals surface area contributed by atoms with Gasteiger partial charge in [-0.3, -0.25) is 14.5 Å². The highest BCUT2D eigenvalue weighted by atomic mass is 16.5. The first kappa shape index (κ1) is 15.5. The summed E-state index contributed by atoms with van der Waals surface area (Å²) in [5, 5.41) is 2.91. The molecule has 21 heavy (non-hydrogen) atoms. The van der Waals surface area contributed by atoms with E-state index in [0.717, 1.165) is 0 Å². The van der Waals surface area contributed by atoms with Crippen LogP contribution in [0.3, 0.4) is 0 Å². The number of nitrogens with one attached hydrogen (secondary N) is 1. The summed E-state index contributed by atoms with van der Waals surface area (Å²) in [7, 11) is 0. The molecule has 1 atom stereocenters. The van der Waals surface area contributed by atoms with Crippen LogP contribution in [0.1, 0.15) is 26.7 Å². The number of para-hydroxylation sites is 2. The molecule has 1 unspecified atom stereocenters. The van der Waals surface area contributed by atoms with Crippen molar-refractivity contribution in [3.8, 4) is 5.75 Å². The van der Waals surface area contributed by atoms with Gasteiger partial charge >= 0.3 is 0 Å². The van der Waals surface area contributed by atoms with E-state index in [1.54, 1.807) is 0 Å².